The normalized spacial score (nSPS) is 23.0. The number of fused-ring (bicyclic) bond motifs is 2. The molecule has 26 heavy (non-hydrogen) atoms. The van der Waals surface area contributed by atoms with Crippen LogP contribution in [0.3, 0.4) is 0 Å². The number of non-ortho nitro benzene ring substituents is 1. The highest BCUT2D eigenvalue weighted by Gasteiger charge is 2.33. The maximum Gasteiger partial charge on any atom is 0.269 e. The summed E-state index contributed by atoms with van der Waals surface area (Å²) in [5, 5.41) is 29.1. The lowest BCUT2D eigenvalue weighted by Gasteiger charge is -2.16. The Morgan fingerprint density at radius 1 is 1.27 bits per heavy atom. The Morgan fingerprint density at radius 2 is 1.96 bits per heavy atom. The Hall–Kier alpha value is -3.47. The predicted molar refractivity (Wildman–Crippen MR) is 90.1 cm³/mol. The van der Waals surface area contributed by atoms with Gasteiger partial charge in [-0.15, -0.1) is 0 Å². The molecule has 2 atom stereocenters. The zero-order valence-electron chi connectivity index (χ0n) is 13.9. The maximum absolute atomic E-state index is 10.9. The summed E-state index contributed by atoms with van der Waals surface area (Å²) in [6, 6.07) is 11.6. The third-order valence-electron chi connectivity index (χ3n) is 4.52. The number of hydrogen-bond donors (Lipinski definition) is 0. The van der Waals surface area contributed by atoms with Gasteiger partial charge in [0.15, 0.2) is 17.0 Å². The number of azo groups is 1. The number of rotatable bonds is 2. The molecule has 0 saturated carbocycles. The summed E-state index contributed by atoms with van der Waals surface area (Å²) in [6.45, 7) is 1.88. The van der Waals surface area contributed by atoms with E-state index in [1.165, 1.54) is 12.1 Å². The van der Waals surface area contributed by atoms with E-state index in [-0.39, 0.29) is 12.5 Å². The lowest BCUT2D eigenvalue weighted by atomic mass is 9.88. The van der Waals surface area contributed by atoms with Gasteiger partial charge in [-0.05, 0) is 47.9 Å². The van der Waals surface area contributed by atoms with Crippen LogP contribution >= 0.6 is 0 Å². The number of ether oxygens (including phenoxy) is 2. The largest absolute Gasteiger partial charge is 0.454 e. The molecular weight excluding hydrogens is 336 g/mol. The van der Waals surface area contributed by atoms with Gasteiger partial charge in [-0.1, -0.05) is 0 Å². The molecule has 2 aromatic carbocycles. The minimum absolute atomic E-state index is 0.00656. The van der Waals surface area contributed by atoms with Crippen LogP contribution in [0, 0.1) is 21.4 Å². The summed E-state index contributed by atoms with van der Waals surface area (Å²) in [7, 11) is 0. The first-order chi connectivity index (χ1) is 12.5. The Bertz CT molecular complexity index is 964. The van der Waals surface area contributed by atoms with Crippen molar-refractivity contribution in [1.82, 2.24) is 0 Å². The van der Waals surface area contributed by atoms with Crippen molar-refractivity contribution in [2.75, 3.05) is 6.79 Å². The molecule has 0 saturated heterocycles. The van der Waals surface area contributed by atoms with E-state index in [1.807, 2.05) is 12.1 Å². The highest BCUT2D eigenvalue weighted by molar-refractivity contribution is 5.53. The molecule has 2 unspecified atom stereocenters. The summed E-state index contributed by atoms with van der Waals surface area (Å²) < 4.78 is 10.9. The molecular formula is C18H14N4O4. The van der Waals surface area contributed by atoms with Crippen LogP contribution in [0.1, 0.15) is 29.7 Å². The van der Waals surface area contributed by atoms with Gasteiger partial charge in [0.2, 0.25) is 6.79 Å². The van der Waals surface area contributed by atoms with Gasteiger partial charge in [0, 0.05) is 18.6 Å². The fourth-order valence-corrected chi connectivity index (χ4v) is 3.15. The van der Waals surface area contributed by atoms with Crippen molar-refractivity contribution >= 4 is 5.69 Å². The summed E-state index contributed by atoms with van der Waals surface area (Å²) in [6.07, 6.45) is 0.391. The first-order valence-corrected chi connectivity index (χ1v) is 7.99. The Morgan fingerprint density at radius 3 is 2.62 bits per heavy atom. The molecule has 2 heterocycles. The number of benzene rings is 2. The van der Waals surface area contributed by atoms with Gasteiger partial charge >= 0.3 is 0 Å². The van der Waals surface area contributed by atoms with E-state index in [0.29, 0.717) is 17.9 Å². The smallest absolute Gasteiger partial charge is 0.269 e. The van der Waals surface area contributed by atoms with Crippen LogP contribution in [0.25, 0.3) is 0 Å². The summed E-state index contributed by atoms with van der Waals surface area (Å²) in [5.74, 6) is 1.25. The Balaban J connectivity index is 1.85. The summed E-state index contributed by atoms with van der Waals surface area (Å²) >= 11 is 0. The van der Waals surface area contributed by atoms with Crippen LogP contribution in [0.5, 0.6) is 11.5 Å². The van der Waals surface area contributed by atoms with E-state index in [0.717, 1.165) is 16.7 Å². The maximum atomic E-state index is 10.9. The van der Waals surface area contributed by atoms with E-state index in [4.69, 9.17) is 9.47 Å². The molecule has 0 spiro atoms. The van der Waals surface area contributed by atoms with Crippen LogP contribution in [0.4, 0.5) is 5.69 Å². The van der Waals surface area contributed by atoms with E-state index in [9.17, 15) is 15.4 Å². The first-order valence-electron chi connectivity index (χ1n) is 7.99. The molecule has 0 bridgehead atoms. The van der Waals surface area contributed by atoms with Gasteiger partial charge in [0.1, 0.15) is 6.04 Å². The van der Waals surface area contributed by atoms with Crippen LogP contribution in [0.2, 0.25) is 0 Å². The lowest BCUT2D eigenvalue weighted by molar-refractivity contribution is -0.384. The summed E-state index contributed by atoms with van der Waals surface area (Å²) in [4.78, 5) is 10.4. The van der Waals surface area contributed by atoms with Gasteiger partial charge in [-0.3, -0.25) is 10.1 Å². The molecule has 130 valence electrons. The molecule has 8 heteroatoms. The fraction of sp³-hybridized carbons (Fsp3) is 0.278. The number of nitro groups is 1. The average molecular weight is 350 g/mol. The molecule has 0 aromatic heterocycles. The van der Waals surface area contributed by atoms with Crippen molar-refractivity contribution in [2.45, 2.75) is 24.9 Å². The van der Waals surface area contributed by atoms with Crippen molar-refractivity contribution < 1.29 is 14.4 Å². The van der Waals surface area contributed by atoms with Crippen LogP contribution in [-0.2, 0) is 6.42 Å². The predicted octanol–water partition coefficient (Wildman–Crippen LogP) is 3.70. The van der Waals surface area contributed by atoms with Crippen LogP contribution in [-0.4, -0.2) is 17.3 Å². The second kappa shape index (κ2) is 5.81. The van der Waals surface area contributed by atoms with E-state index < -0.39 is 16.5 Å². The number of nitrogens with zero attached hydrogens (tertiary/aromatic N) is 4. The minimum atomic E-state index is -0.988. The highest BCUT2D eigenvalue weighted by atomic mass is 16.7. The first kappa shape index (κ1) is 16.0. The molecule has 8 nitrogen and oxygen atoms in total. The van der Waals surface area contributed by atoms with Crippen molar-refractivity contribution in [2.24, 2.45) is 10.2 Å². The average Bonchev–Trinajstić information content (AvgIpc) is 3.03. The standard InChI is InChI=1S/C18H14N4O4/c1-18(9-19)8-12-6-15-16(26-10-25-15)7-14(12)17(20-21-18)11-2-4-13(5-3-11)22(23)24/h2-7,17H,8,10H2,1H3. The quantitative estimate of drug-likeness (QED) is 0.606. The third kappa shape index (κ3) is 2.63. The molecule has 2 aliphatic heterocycles. The minimum Gasteiger partial charge on any atom is -0.454 e. The van der Waals surface area contributed by atoms with Gasteiger partial charge in [-0.2, -0.15) is 15.5 Å². The van der Waals surface area contributed by atoms with Gasteiger partial charge in [0.25, 0.3) is 5.69 Å². The van der Waals surface area contributed by atoms with Gasteiger partial charge in [0.05, 0.1) is 11.0 Å². The SMILES string of the molecule is CC1(C#N)Cc2cc3c(cc2C(c2ccc([N+](=O)[O-])cc2)N=N1)OCO3. The summed E-state index contributed by atoms with van der Waals surface area (Å²) in [5.41, 5.74) is 1.52. The van der Waals surface area contributed by atoms with Crippen LogP contribution < -0.4 is 9.47 Å². The number of hydrogen-bond acceptors (Lipinski definition) is 7. The van der Waals surface area contributed by atoms with Gasteiger partial charge < -0.3 is 9.47 Å². The Kier molecular flexibility index (Phi) is 3.58. The fourth-order valence-electron chi connectivity index (χ4n) is 3.15. The van der Waals surface area contributed by atoms with E-state index in [2.05, 4.69) is 16.3 Å². The van der Waals surface area contributed by atoms with E-state index >= 15 is 0 Å². The van der Waals surface area contributed by atoms with Crippen molar-refractivity contribution in [3.63, 3.8) is 0 Å². The second-order valence-corrected chi connectivity index (χ2v) is 6.43. The Labute approximate surface area is 148 Å². The molecule has 4 rings (SSSR count). The molecule has 2 aliphatic rings. The number of nitriles is 1. The lowest BCUT2D eigenvalue weighted by Crippen LogP contribution is -2.21. The molecule has 0 fully saturated rings. The van der Waals surface area contributed by atoms with Crippen molar-refractivity contribution in [1.29, 1.82) is 5.26 Å². The topological polar surface area (TPSA) is 110 Å². The molecule has 0 N–H and O–H groups in total. The monoisotopic (exact) mass is 350 g/mol. The zero-order chi connectivity index (χ0) is 18.3. The highest BCUT2D eigenvalue weighted by Crippen LogP contribution is 2.43. The molecule has 0 amide bonds. The molecule has 2 aromatic rings. The third-order valence-corrected chi connectivity index (χ3v) is 4.52. The van der Waals surface area contributed by atoms with Crippen molar-refractivity contribution in [3.05, 3.63) is 63.2 Å². The second-order valence-electron chi connectivity index (χ2n) is 6.43. The van der Waals surface area contributed by atoms with Gasteiger partial charge in [-0.25, -0.2) is 0 Å². The molecule has 0 aliphatic carbocycles. The van der Waals surface area contributed by atoms with E-state index in [1.54, 1.807) is 19.1 Å². The molecule has 0 radical (unpaired) electrons. The van der Waals surface area contributed by atoms with Crippen molar-refractivity contribution in [3.8, 4) is 17.6 Å². The van der Waals surface area contributed by atoms with Crippen LogP contribution in [0.15, 0.2) is 46.6 Å². The number of nitro benzene ring substituents is 1. The zero-order valence-corrected chi connectivity index (χ0v) is 13.9.